The number of sulfonamides is 1. The van der Waals surface area contributed by atoms with E-state index in [-0.39, 0.29) is 25.4 Å². The standard InChI is InChI=1S/C14H15FN2O5S/c15-11-3-1-10(2-4-11)9-23(20,21)16-6-5-12(7-16)17-13(18)8-22-14(17)19/h1-4,12H,5-9H2. The molecule has 2 saturated heterocycles. The van der Waals surface area contributed by atoms with E-state index in [4.69, 9.17) is 0 Å². The third-order valence-corrected chi connectivity index (χ3v) is 5.75. The highest BCUT2D eigenvalue weighted by Crippen LogP contribution is 2.23. The molecule has 2 fully saturated rings. The van der Waals surface area contributed by atoms with Crippen LogP contribution >= 0.6 is 0 Å². The predicted molar refractivity (Wildman–Crippen MR) is 77.2 cm³/mol. The van der Waals surface area contributed by atoms with Crippen molar-refractivity contribution in [2.45, 2.75) is 18.2 Å². The highest BCUT2D eigenvalue weighted by molar-refractivity contribution is 7.88. The van der Waals surface area contributed by atoms with Gasteiger partial charge in [-0.05, 0) is 24.1 Å². The summed E-state index contributed by atoms with van der Waals surface area (Å²) in [7, 11) is -3.60. The summed E-state index contributed by atoms with van der Waals surface area (Å²) in [5.74, 6) is -1.13. The molecule has 2 amide bonds. The van der Waals surface area contributed by atoms with Crippen LogP contribution in [0.25, 0.3) is 0 Å². The Morgan fingerprint density at radius 3 is 2.52 bits per heavy atom. The smallest absolute Gasteiger partial charge is 0.417 e. The third kappa shape index (κ3) is 3.20. The zero-order valence-electron chi connectivity index (χ0n) is 12.1. The van der Waals surface area contributed by atoms with Gasteiger partial charge in [-0.2, -0.15) is 4.31 Å². The molecule has 3 rings (SSSR count). The monoisotopic (exact) mass is 342 g/mol. The summed E-state index contributed by atoms with van der Waals surface area (Å²) in [6.07, 6.45) is -0.346. The number of amides is 2. The maximum absolute atomic E-state index is 12.9. The van der Waals surface area contributed by atoms with Crippen LogP contribution in [0.2, 0.25) is 0 Å². The highest BCUT2D eigenvalue weighted by Gasteiger charge is 2.42. The average Bonchev–Trinajstić information content (AvgIpc) is 3.09. The van der Waals surface area contributed by atoms with Crippen LogP contribution in [-0.4, -0.2) is 55.4 Å². The Morgan fingerprint density at radius 1 is 1.22 bits per heavy atom. The molecule has 0 saturated carbocycles. The van der Waals surface area contributed by atoms with Gasteiger partial charge in [0.1, 0.15) is 5.82 Å². The van der Waals surface area contributed by atoms with Crippen LogP contribution in [0, 0.1) is 5.82 Å². The van der Waals surface area contributed by atoms with Crippen molar-refractivity contribution in [3.8, 4) is 0 Å². The van der Waals surface area contributed by atoms with Crippen LogP contribution in [0.3, 0.4) is 0 Å². The number of carbonyl (C=O) groups excluding carboxylic acids is 2. The van der Waals surface area contributed by atoms with Crippen LogP contribution in [0.4, 0.5) is 9.18 Å². The van der Waals surface area contributed by atoms with Gasteiger partial charge in [0.25, 0.3) is 5.91 Å². The molecule has 124 valence electrons. The molecule has 23 heavy (non-hydrogen) atoms. The highest BCUT2D eigenvalue weighted by atomic mass is 32.2. The van der Waals surface area contributed by atoms with E-state index in [0.29, 0.717) is 12.0 Å². The number of cyclic esters (lactones) is 1. The number of halogens is 1. The van der Waals surface area contributed by atoms with Crippen molar-refractivity contribution in [2.24, 2.45) is 0 Å². The first-order chi connectivity index (χ1) is 10.9. The summed E-state index contributed by atoms with van der Waals surface area (Å²) in [4.78, 5) is 24.2. The minimum Gasteiger partial charge on any atom is -0.439 e. The van der Waals surface area contributed by atoms with E-state index in [2.05, 4.69) is 4.74 Å². The van der Waals surface area contributed by atoms with E-state index in [1.165, 1.54) is 28.6 Å². The van der Waals surface area contributed by atoms with Crippen LogP contribution in [-0.2, 0) is 25.3 Å². The van der Waals surface area contributed by atoms with Gasteiger partial charge in [0.05, 0.1) is 11.8 Å². The molecular formula is C14H15FN2O5S. The molecule has 1 aromatic rings. The lowest BCUT2D eigenvalue weighted by Crippen LogP contribution is -2.42. The van der Waals surface area contributed by atoms with Gasteiger partial charge in [0.15, 0.2) is 6.61 Å². The number of nitrogens with zero attached hydrogens (tertiary/aromatic N) is 2. The molecule has 1 aromatic carbocycles. The first kappa shape index (κ1) is 15.9. The molecule has 1 unspecified atom stereocenters. The molecule has 9 heteroatoms. The summed E-state index contributed by atoms with van der Waals surface area (Å²) in [6.45, 7) is -0.00666. The quantitative estimate of drug-likeness (QED) is 0.805. The Labute approximate surface area is 132 Å². The fourth-order valence-corrected chi connectivity index (χ4v) is 4.35. The van der Waals surface area contributed by atoms with Crippen LogP contribution in [0.5, 0.6) is 0 Å². The summed E-state index contributed by atoms with van der Waals surface area (Å²) in [5, 5.41) is 0. The third-order valence-electron chi connectivity index (χ3n) is 3.93. The SMILES string of the molecule is O=C1COC(=O)N1C1CCN(S(=O)(=O)Cc2ccc(F)cc2)C1. The van der Waals surface area contributed by atoms with E-state index in [9.17, 15) is 22.4 Å². The van der Waals surface area contributed by atoms with Gasteiger partial charge in [-0.15, -0.1) is 0 Å². The van der Waals surface area contributed by atoms with Crippen molar-refractivity contribution >= 4 is 22.0 Å². The zero-order valence-corrected chi connectivity index (χ0v) is 13.0. The van der Waals surface area contributed by atoms with Crippen molar-refractivity contribution in [1.82, 2.24) is 9.21 Å². The van der Waals surface area contributed by atoms with E-state index in [1.807, 2.05) is 0 Å². The first-order valence-corrected chi connectivity index (χ1v) is 8.69. The van der Waals surface area contributed by atoms with Crippen molar-refractivity contribution in [1.29, 1.82) is 0 Å². The Bertz CT molecular complexity index is 718. The Hall–Kier alpha value is -2.00. The molecule has 2 aliphatic heterocycles. The lowest BCUT2D eigenvalue weighted by molar-refractivity contribution is -0.127. The summed E-state index contributed by atoms with van der Waals surface area (Å²) in [5.41, 5.74) is 0.478. The number of carbonyl (C=O) groups is 2. The van der Waals surface area contributed by atoms with Gasteiger partial charge in [-0.1, -0.05) is 12.1 Å². The van der Waals surface area contributed by atoms with Gasteiger partial charge >= 0.3 is 6.09 Å². The second-order valence-corrected chi connectivity index (χ2v) is 7.47. The summed E-state index contributed by atoms with van der Waals surface area (Å²) < 4.78 is 43.6. The number of hydrogen-bond donors (Lipinski definition) is 0. The maximum Gasteiger partial charge on any atom is 0.417 e. The maximum atomic E-state index is 12.9. The van der Waals surface area contributed by atoms with Gasteiger partial charge in [-0.3, -0.25) is 4.79 Å². The van der Waals surface area contributed by atoms with Gasteiger partial charge in [0, 0.05) is 13.1 Å². The van der Waals surface area contributed by atoms with Gasteiger partial charge < -0.3 is 4.74 Å². The largest absolute Gasteiger partial charge is 0.439 e. The zero-order chi connectivity index (χ0) is 16.6. The molecular weight excluding hydrogens is 327 g/mol. The number of ether oxygens (including phenoxy) is 1. The number of hydrogen-bond acceptors (Lipinski definition) is 5. The van der Waals surface area contributed by atoms with E-state index in [0.717, 1.165) is 4.90 Å². The second-order valence-electron chi connectivity index (χ2n) is 5.50. The molecule has 7 nitrogen and oxygen atoms in total. The van der Waals surface area contributed by atoms with Crippen molar-refractivity contribution in [3.63, 3.8) is 0 Å². The number of benzene rings is 1. The van der Waals surface area contributed by atoms with Crippen molar-refractivity contribution in [2.75, 3.05) is 19.7 Å². The fourth-order valence-electron chi connectivity index (χ4n) is 2.77. The molecule has 2 heterocycles. The van der Waals surface area contributed by atoms with Gasteiger partial charge in [0.2, 0.25) is 10.0 Å². The molecule has 2 aliphatic rings. The van der Waals surface area contributed by atoms with Crippen molar-refractivity contribution in [3.05, 3.63) is 35.6 Å². The van der Waals surface area contributed by atoms with E-state index < -0.39 is 33.9 Å². The first-order valence-electron chi connectivity index (χ1n) is 7.08. The normalized spacial score (nSPS) is 22.7. The minimum absolute atomic E-state index is 0.0599. The summed E-state index contributed by atoms with van der Waals surface area (Å²) >= 11 is 0. The van der Waals surface area contributed by atoms with Gasteiger partial charge in [-0.25, -0.2) is 22.5 Å². The molecule has 0 N–H and O–H groups in total. The fraction of sp³-hybridized carbons (Fsp3) is 0.429. The summed E-state index contributed by atoms with van der Waals surface area (Å²) in [6, 6.07) is 4.75. The van der Waals surface area contributed by atoms with Crippen LogP contribution in [0.1, 0.15) is 12.0 Å². The lowest BCUT2D eigenvalue weighted by Gasteiger charge is -2.20. The molecule has 0 aliphatic carbocycles. The number of imide groups is 1. The molecule has 1 atom stereocenters. The van der Waals surface area contributed by atoms with E-state index in [1.54, 1.807) is 0 Å². The molecule has 0 spiro atoms. The topological polar surface area (TPSA) is 84.0 Å². The second kappa shape index (κ2) is 5.89. The Morgan fingerprint density at radius 2 is 1.91 bits per heavy atom. The molecule has 0 radical (unpaired) electrons. The Balaban J connectivity index is 1.69. The lowest BCUT2D eigenvalue weighted by atomic mass is 10.2. The number of rotatable bonds is 4. The van der Waals surface area contributed by atoms with Crippen molar-refractivity contribution < 1.29 is 27.1 Å². The minimum atomic E-state index is -3.60. The molecule has 0 bridgehead atoms. The van der Waals surface area contributed by atoms with Crippen LogP contribution < -0.4 is 0 Å². The predicted octanol–water partition coefficient (Wildman–Crippen LogP) is 0.709. The Kier molecular flexibility index (Phi) is 4.07. The van der Waals surface area contributed by atoms with Crippen LogP contribution in [0.15, 0.2) is 24.3 Å². The van der Waals surface area contributed by atoms with E-state index >= 15 is 0 Å². The average molecular weight is 342 g/mol. The molecule has 0 aromatic heterocycles.